The Morgan fingerprint density at radius 3 is 2.83 bits per heavy atom. The highest BCUT2D eigenvalue weighted by atomic mass is 16.5. The topological polar surface area (TPSA) is 66.4 Å². The van der Waals surface area contributed by atoms with Gasteiger partial charge in [0.1, 0.15) is 23.8 Å². The number of ether oxygens (including phenoxy) is 1. The highest BCUT2D eigenvalue weighted by Gasteiger charge is 2.15. The molecule has 0 spiro atoms. The van der Waals surface area contributed by atoms with Gasteiger partial charge >= 0.3 is 0 Å². The van der Waals surface area contributed by atoms with Gasteiger partial charge in [-0.3, -0.25) is 0 Å². The number of hydrogen-bond acceptors (Lipinski definition) is 7. The molecule has 23 heavy (non-hydrogen) atoms. The summed E-state index contributed by atoms with van der Waals surface area (Å²) >= 11 is 0. The minimum Gasteiger partial charge on any atom is -0.378 e. The second kappa shape index (κ2) is 7.23. The maximum absolute atomic E-state index is 5.42. The molecule has 0 aromatic carbocycles. The number of rotatable bonds is 5. The van der Waals surface area contributed by atoms with Gasteiger partial charge in [-0.05, 0) is 6.07 Å². The normalized spacial score (nSPS) is 14.6. The second-order valence-electron chi connectivity index (χ2n) is 5.59. The minimum atomic E-state index is 0.671. The first-order chi connectivity index (χ1) is 11.2. The van der Waals surface area contributed by atoms with Crippen molar-refractivity contribution in [2.75, 3.05) is 55.5 Å². The zero-order valence-electron chi connectivity index (χ0n) is 13.6. The predicted octanol–water partition coefficient (Wildman–Crippen LogP) is 1.39. The lowest BCUT2D eigenvalue weighted by atomic mass is 10.2. The van der Waals surface area contributed by atoms with Gasteiger partial charge in [0.25, 0.3) is 0 Å². The van der Waals surface area contributed by atoms with Gasteiger partial charge in [-0.15, -0.1) is 0 Å². The van der Waals surface area contributed by atoms with E-state index >= 15 is 0 Å². The lowest BCUT2D eigenvalue weighted by Gasteiger charge is -2.29. The molecule has 0 saturated carbocycles. The lowest BCUT2D eigenvalue weighted by Crippen LogP contribution is -2.37. The molecule has 122 valence electrons. The molecule has 0 aliphatic carbocycles. The van der Waals surface area contributed by atoms with Crippen LogP contribution >= 0.6 is 0 Å². The molecule has 7 heteroatoms. The molecule has 2 aromatic heterocycles. The first-order valence-electron chi connectivity index (χ1n) is 7.74. The Bertz CT molecular complexity index is 642. The molecular weight excluding hydrogens is 292 g/mol. The minimum absolute atomic E-state index is 0.671. The maximum atomic E-state index is 5.42. The summed E-state index contributed by atoms with van der Waals surface area (Å²) in [4.78, 5) is 17.3. The van der Waals surface area contributed by atoms with Gasteiger partial charge in [-0.2, -0.15) is 0 Å². The summed E-state index contributed by atoms with van der Waals surface area (Å²) in [5.41, 5.74) is 1.15. The van der Waals surface area contributed by atoms with Crippen LogP contribution in [0.5, 0.6) is 0 Å². The molecule has 2 aromatic rings. The maximum Gasteiger partial charge on any atom is 0.133 e. The molecule has 3 rings (SSSR count). The van der Waals surface area contributed by atoms with E-state index in [2.05, 4.69) is 31.2 Å². The Kier molecular flexibility index (Phi) is 4.87. The SMILES string of the molecule is CN(C)c1cc(NCc2cccnc2N2CCOCC2)ncn1. The molecule has 0 unspecified atom stereocenters. The number of aromatic nitrogens is 3. The summed E-state index contributed by atoms with van der Waals surface area (Å²) in [7, 11) is 3.92. The fourth-order valence-corrected chi connectivity index (χ4v) is 2.50. The van der Waals surface area contributed by atoms with E-state index in [1.54, 1.807) is 6.33 Å². The smallest absolute Gasteiger partial charge is 0.133 e. The standard InChI is InChI=1S/C16H22N6O/c1-21(2)15-10-14(19-12-20-15)18-11-13-4-3-5-17-16(13)22-6-8-23-9-7-22/h3-5,10,12H,6-9,11H2,1-2H3,(H,18,19,20). The molecule has 1 saturated heterocycles. The molecule has 0 radical (unpaired) electrons. The van der Waals surface area contributed by atoms with E-state index in [0.29, 0.717) is 6.54 Å². The molecule has 1 N–H and O–H groups in total. The predicted molar refractivity (Wildman–Crippen MR) is 91.0 cm³/mol. The van der Waals surface area contributed by atoms with Crippen molar-refractivity contribution in [3.8, 4) is 0 Å². The zero-order chi connectivity index (χ0) is 16.1. The van der Waals surface area contributed by atoms with Gasteiger partial charge in [0.2, 0.25) is 0 Å². The van der Waals surface area contributed by atoms with Gasteiger partial charge in [0.15, 0.2) is 0 Å². The molecule has 1 fully saturated rings. The van der Waals surface area contributed by atoms with Gasteiger partial charge in [0.05, 0.1) is 13.2 Å². The van der Waals surface area contributed by atoms with Crippen LogP contribution < -0.4 is 15.1 Å². The van der Waals surface area contributed by atoms with E-state index < -0.39 is 0 Å². The molecule has 0 bridgehead atoms. The molecule has 7 nitrogen and oxygen atoms in total. The van der Waals surface area contributed by atoms with Crippen molar-refractivity contribution in [3.63, 3.8) is 0 Å². The fourth-order valence-electron chi connectivity index (χ4n) is 2.50. The highest BCUT2D eigenvalue weighted by molar-refractivity contribution is 5.51. The quantitative estimate of drug-likeness (QED) is 0.894. The Labute approximate surface area is 136 Å². The summed E-state index contributed by atoms with van der Waals surface area (Å²) in [6, 6.07) is 6.00. The van der Waals surface area contributed by atoms with Crippen molar-refractivity contribution in [2.24, 2.45) is 0 Å². The van der Waals surface area contributed by atoms with E-state index in [-0.39, 0.29) is 0 Å². The Hall–Kier alpha value is -2.41. The van der Waals surface area contributed by atoms with Crippen molar-refractivity contribution in [2.45, 2.75) is 6.54 Å². The van der Waals surface area contributed by atoms with Gasteiger partial charge in [0, 0.05) is 51.6 Å². The van der Waals surface area contributed by atoms with E-state index in [1.807, 2.05) is 37.3 Å². The van der Waals surface area contributed by atoms with Crippen molar-refractivity contribution < 1.29 is 4.74 Å². The number of nitrogens with one attached hydrogen (secondary N) is 1. The number of anilines is 3. The second-order valence-corrected chi connectivity index (χ2v) is 5.59. The third kappa shape index (κ3) is 3.87. The first kappa shape index (κ1) is 15.5. The van der Waals surface area contributed by atoms with E-state index in [1.165, 1.54) is 0 Å². The van der Waals surface area contributed by atoms with E-state index in [0.717, 1.165) is 49.3 Å². The van der Waals surface area contributed by atoms with Crippen LogP contribution in [0.1, 0.15) is 5.56 Å². The summed E-state index contributed by atoms with van der Waals surface area (Å²) in [5.74, 6) is 2.70. The van der Waals surface area contributed by atoms with Gasteiger partial charge in [-0.25, -0.2) is 15.0 Å². The van der Waals surface area contributed by atoms with Crippen LogP contribution in [0.15, 0.2) is 30.7 Å². The van der Waals surface area contributed by atoms with Crippen molar-refractivity contribution >= 4 is 17.5 Å². The summed E-state index contributed by atoms with van der Waals surface area (Å²) < 4.78 is 5.42. The Morgan fingerprint density at radius 2 is 2.04 bits per heavy atom. The summed E-state index contributed by atoms with van der Waals surface area (Å²) in [5, 5.41) is 3.36. The van der Waals surface area contributed by atoms with E-state index in [4.69, 9.17) is 4.74 Å². The third-order valence-corrected chi connectivity index (χ3v) is 3.75. The van der Waals surface area contributed by atoms with Crippen LogP contribution in [0.2, 0.25) is 0 Å². The zero-order valence-corrected chi connectivity index (χ0v) is 13.6. The highest BCUT2D eigenvalue weighted by Crippen LogP contribution is 2.20. The molecule has 1 aliphatic heterocycles. The fraction of sp³-hybridized carbons (Fsp3) is 0.438. The van der Waals surface area contributed by atoms with Gasteiger partial charge < -0.3 is 19.9 Å². The van der Waals surface area contributed by atoms with Crippen LogP contribution in [0.3, 0.4) is 0 Å². The number of hydrogen-bond donors (Lipinski definition) is 1. The summed E-state index contributed by atoms with van der Waals surface area (Å²) in [6.07, 6.45) is 3.41. The number of morpholine rings is 1. The van der Waals surface area contributed by atoms with Crippen LogP contribution in [0.25, 0.3) is 0 Å². The van der Waals surface area contributed by atoms with Crippen LogP contribution in [0.4, 0.5) is 17.5 Å². The Balaban J connectivity index is 1.72. The molecular formula is C16H22N6O. The number of nitrogens with zero attached hydrogens (tertiary/aromatic N) is 5. The average molecular weight is 314 g/mol. The monoisotopic (exact) mass is 314 g/mol. The van der Waals surface area contributed by atoms with Crippen LogP contribution in [-0.4, -0.2) is 55.4 Å². The van der Waals surface area contributed by atoms with Crippen molar-refractivity contribution in [1.82, 2.24) is 15.0 Å². The van der Waals surface area contributed by atoms with Crippen molar-refractivity contribution in [3.05, 3.63) is 36.3 Å². The largest absolute Gasteiger partial charge is 0.378 e. The van der Waals surface area contributed by atoms with Crippen LogP contribution in [0, 0.1) is 0 Å². The molecule has 0 atom stereocenters. The number of pyridine rings is 1. The van der Waals surface area contributed by atoms with Crippen molar-refractivity contribution in [1.29, 1.82) is 0 Å². The van der Waals surface area contributed by atoms with E-state index in [9.17, 15) is 0 Å². The molecule has 3 heterocycles. The molecule has 1 aliphatic rings. The lowest BCUT2D eigenvalue weighted by molar-refractivity contribution is 0.122. The van der Waals surface area contributed by atoms with Gasteiger partial charge in [-0.1, -0.05) is 6.07 Å². The van der Waals surface area contributed by atoms with Crippen LogP contribution in [-0.2, 0) is 11.3 Å². The Morgan fingerprint density at radius 1 is 1.22 bits per heavy atom. The average Bonchev–Trinajstić information content (AvgIpc) is 2.61. The third-order valence-electron chi connectivity index (χ3n) is 3.75. The summed E-state index contributed by atoms with van der Waals surface area (Å²) in [6.45, 7) is 3.93. The first-order valence-corrected chi connectivity index (χ1v) is 7.74. The molecule has 0 amide bonds.